The van der Waals surface area contributed by atoms with Gasteiger partial charge in [0.25, 0.3) is 0 Å². The highest BCUT2D eigenvalue weighted by atomic mass is 16.5. The molecule has 15 heavy (non-hydrogen) atoms. The lowest BCUT2D eigenvalue weighted by atomic mass is 10.1. The zero-order chi connectivity index (χ0) is 11.6. The molecule has 0 amide bonds. The molecule has 1 rings (SSSR count). The number of aromatic hydroxyl groups is 2. The molecule has 5 heteroatoms. The Kier molecular flexibility index (Phi) is 3.04. The molecule has 0 unspecified atom stereocenters. The number of esters is 1. The summed E-state index contributed by atoms with van der Waals surface area (Å²) in [6.45, 7) is 1.57. The monoisotopic (exact) mass is 212 g/mol. The SMILES string of the molecule is COC(=O)c1c(O)cc(OC)c(C)c1O. The number of hydrogen-bond acceptors (Lipinski definition) is 5. The molecule has 0 aromatic heterocycles. The average molecular weight is 212 g/mol. The standard InChI is InChI=1S/C10H12O5/c1-5-7(14-2)4-6(11)8(9(5)12)10(13)15-3/h4,11-12H,1-3H3. The molecule has 0 aliphatic rings. The lowest BCUT2D eigenvalue weighted by molar-refractivity contribution is 0.0593. The van der Waals surface area contributed by atoms with Gasteiger partial charge in [0, 0.05) is 11.6 Å². The van der Waals surface area contributed by atoms with Crippen LogP contribution in [0.1, 0.15) is 15.9 Å². The Labute approximate surface area is 86.9 Å². The van der Waals surface area contributed by atoms with E-state index in [9.17, 15) is 15.0 Å². The third kappa shape index (κ3) is 1.81. The molecule has 1 aromatic carbocycles. The Bertz CT molecular complexity index is 397. The predicted octanol–water partition coefficient (Wildman–Crippen LogP) is 1.20. The van der Waals surface area contributed by atoms with E-state index in [2.05, 4.69) is 4.74 Å². The van der Waals surface area contributed by atoms with Crippen LogP contribution < -0.4 is 4.74 Å². The van der Waals surface area contributed by atoms with Crippen LogP contribution in [0.3, 0.4) is 0 Å². The summed E-state index contributed by atoms with van der Waals surface area (Å²) in [7, 11) is 2.57. The molecular weight excluding hydrogens is 200 g/mol. The number of rotatable bonds is 2. The number of hydrogen-bond donors (Lipinski definition) is 2. The van der Waals surface area contributed by atoms with E-state index in [0.717, 1.165) is 0 Å². The second-order valence-corrected chi connectivity index (χ2v) is 2.94. The van der Waals surface area contributed by atoms with E-state index in [1.807, 2.05) is 0 Å². The molecule has 0 bridgehead atoms. The second-order valence-electron chi connectivity index (χ2n) is 2.94. The first kappa shape index (κ1) is 11.2. The average Bonchev–Trinajstić information content (AvgIpc) is 2.23. The van der Waals surface area contributed by atoms with Gasteiger partial charge in [0.05, 0.1) is 14.2 Å². The van der Waals surface area contributed by atoms with Crippen molar-refractivity contribution in [3.63, 3.8) is 0 Å². The Morgan fingerprint density at radius 3 is 2.40 bits per heavy atom. The van der Waals surface area contributed by atoms with Gasteiger partial charge in [-0.3, -0.25) is 0 Å². The van der Waals surface area contributed by atoms with E-state index in [1.165, 1.54) is 20.3 Å². The van der Waals surface area contributed by atoms with Crippen molar-refractivity contribution in [1.29, 1.82) is 0 Å². The first-order valence-corrected chi connectivity index (χ1v) is 4.20. The molecule has 0 aliphatic heterocycles. The highest BCUT2D eigenvalue weighted by Gasteiger charge is 2.21. The molecule has 0 aliphatic carbocycles. The minimum absolute atomic E-state index is 0.254. The molecule has 0 radical (unpaired) electrons. The molecule has 2 N–H and O–H groups in total. The summed E-state index contributed by atoms with van der Waals surface area (Å²) in [6, 6.07) is 1.25. The number of carbonyl (C=O) groups excluding carboxylic acids is 1. The largest absolute Gasteiger partial charge is 0.507 e. The van der Waals surface area contributed by atoms with Crippen LogP contribution >= 0.6 is 0 Å². The van der Waals surface area contributed by atoms with Gasteiger partial charge in [-0.05, 0) is 6.92 Å². The number of ether oxygens (including phenoxy) is 2. The van der Waals surface area contributed by atoms with Gasteiger partial charge in [0.15, 0.2) is 0 Å². The van der Waals surface area contributed by atoms with Crippen molar-refractivity contribution in [2.45, 2.75) is 6.92 Å². The van der Waals surface area contributed by atoms with Crippen molar-refractivity contribution in [1.82, 2.24) is 0 Å². The molecule has 1 aromatic rings. The van der Waals surface area contributed by atoms with Crippen LogP contribution in [-0.4, -0.2) is 30.4 Å². The number of carbonyl (C=O) groups is 1. The lowest BCUT2D eigenvalue weighted by Crippen LogP contribution is -2.03. The third-order valence-electron chi connectivity index (χ3n) is 2.09. The van der Waals surface area contributed by atoms with E-state index in [0.29, 0.717) is 11.3 Å². The fourth-order valence-electron chi connectivity index (χ4n) is 1.25. The highest BCUT2D eigenvalue weighted by molar-refractivity contribution is 5.96. The van der Waals surface area contributed by atoms with E-state index in [4.69, 9.17) is 4.74 Å². The Hall–Kier alpha value is -1.91. The van der Waals surface area contributed by atoms with Crippen molar-refractivity contribution >= 4 is 5.97 Å². The summed E-state index contributed by atoms with van der Waals surface area (Å²) in [5.74, 6) is -1.20. The van der Waals surface area contributed by atoms with Gasteiger partial charge in [-0.15, -0.1) is 0 Å². The molecule has 0 saturated heterocycles. The van der Waals surface area contributed by atoms with Gasteiger partial charge in [0.2, 0.25) is 0 Å². The maximum absolute atomic E-state index is 11.2. The van der Waals surface area contributed by atoms with Gasteiger partial charge in [0.1, 0.15) is 22.8 Å². The maximum atomic E-state index is 11.2. The molecule has 0 spiro atoms. The number of phenolic OH excluding ortho intramolecular Hbond substituents is 2. The van der Waals surface area contributed by atoms with Crippen LogP contribution in [0.5, 0.6) is 17.2 Å². The predicted molar refractivity (Wildman–Crippen MR) is 52.4 cm³/mol. The fourth-order valence-corrected chi connectivity index (χ4v) is 1.25. The van der Waals surface area contributed by atoms with Crippen molar-refractivity contribution < 1.29 is 24.5 Å². The molecular formula is C10H12O5. The van der Waals surface area contributed by atoms with Crippen LogP contribution in [0.15, 0.2) is 6.07 Å². The first-order valence-electron chi connectivity index (χ1n) is 4.20. The molecule has 0 atom stereocenters. The van der Waals surface area contributed by atoms with Crippen molar-refractivity contribution in [3.8, 4) is 17.2 Å². The summed E-state index contributed by atoms with van der Waals surface area (Å²) >= 11 is 0. The van der Waals surface area contributed by atoms with Crippen LogP contribution in [0.4, 0.5) is 0 Å². The van der Waals surface area contributed by atoms with Gasteiger partial charge in [-0.1, -0.05) is 0 Å². The lowest BCUT2D eigenvalue weighted by Gasteiger charge is -2.11. The molecule has 82 valence electrons. The fraction of sp³-hybridized carbons (Fsp3) is 0.300. The van der Waals surface area contributed by atoms with Gasteiger partial charge < -0.3 is 19.7 Å². The highest BCUT2D eigenvalue weighted by Crippen LogP contribution is 2.37. The number of benzene rings is 1. The topological polar surface area (TPSA) is 76.0 Å². The van der Waals surface area contributed by atoms with Gasteiger partial charge in [-0.25, -0.2) is 4.79 Å². The molecule has 0 fully saturated rings. The Morgan fingerprint density at radius 1 is 1.33 bits per heavy atom. The van der Waals surface area contributed by atoms with Crippen LogP contribution in [0, 0.1) is 6.92 Å². The Morgan fingerprint density at radius 2 is 1.93 bits per heavy atom. The summed E-state index contributed by atoms with van der Waals surface area (Å²) in [6.07, 6.45) is 0. The minimum atomic E-state index is -0.796. The van der Waals surface area contributed by atoms with Crippen LogP contribution in [0.25, 0.3) is 0 Å². The number of phenols is 2. The summed E-state index contributed by atoms with van der Waals surface area (Å²) in [5, 5.41) is 19.1. The van der Waals surface area contributed by atoms with Gasteiger partial charge >= 0.3 is 5.97 Å². The smallest absolute Gasteiger partial charge is 0.345 e. The van der Waals surface area contributed by atoms with Crippen molar-refractivity contribution in [2.75, 3.05) is 14.2 Å². The first-order chi connectivity index (χ1) is 7.02. The maximum Gasteiger partial charge on any atom is 0.345 e. The molecule has 5 nitrogen and oxygen atoms in total. The Balaban J connectivity index is 3.42. The van der Waals surface area contributed by atoms with Crippen molar-refractivity contribution in [3.05, 3.63) is 17.2 Å². The number of methoxy groups -OCH3 is 2. The van der Waals surface area contributed by atoms with Crippen molar-refractivity contribution in [2.24, 2.45) is 0 Å². The minimum Gasteiger partial charge on any atom is -0.507 e. The second kappa shape index (κ2) is 4.08. The quantitative estimate of drug-likeness (QED) is 0.720. The van der Waals surface area contributed by atoms with Gasteiger partial charge in [-0.2, -0.15) is 0 Å². The van der Waals surface area contributed by atoms with E-state index in [-0.39, 0.29) is 17.1 Å². The van der Waals surface area contributed by atoms with Crippen LogP contribution in [-0.2, 0) is 4.74 Å². The molecule has 0 saturated carbocycles. The van der Waals surface area contributed by atoms with E-state index >= 15 is 0 Å². The zero-order valence-electron chi connectivity index (χ0n) is 8.70. The summed E-state index contributed by atoms with van der Waals surface area (Å²) in [5.41, 5.74) is 0.117. The van der Waals surface area contributed by atoms with Crippen LogP contribution in [0.2, 0.25) is 0 Å². The summed E-state index contributed by atoms with van der Waals surface area (Å²) < 4.78 is 9.33. The zero-order valence-corrected chi connectivity index (χ0v) is 8.70. The summed E-state index contributed by atoms with van der Waals surface area (Å²) in [4.78, 5) is 11.2. The molecule has 0 heterocycles. The van der Waals surface area contributed by atoms with E-state index in [1.54, 1.807) is 6.92 Å². The normalized spacial score (nSPS) is 9.80. The van der Waals surface area contributed by atoms with E-state index < -0.39 is 5.97 Å². The third-order valence-corrected chi connectivity index (χ3v) is 2.09.